The first-order chi connectivity index (χ1) is 16.8. The van der Waals surface area contributed by atoms with Gasteiger partial charge in [0.25, 0.3) is 0 Å². The van der Waals surface area contributed by atoms with Crippen molar-refractivity contribution in [2.45, 2.75) is 65.2 Å². The first kappa shape index (κ1) is 26.7. The second kappa shape index (κ2) is 10.8. The van der Waals surface area contributed by atoms with Gasteiger partial charge in [0.1, 0.15) is 17.2 Å². The Morgan fingerprint density at radius 1 is 0.917 bits per heavy atom. The van der Waals surface area contributed by atoms with Crippen LogP contribution in [0.4, 0.5) is 10.5 Å². The second-order valence-corrected chi connectivity index (χ2v) is 10.4. The van der Waals surface area contributed by atoms with Crippen molar-refractivity contribution in [2.75, 3.05) is 5.32 Å². The Bertz CT molecular complexity index is 1220. The molecule has 0 aliphatic carbocycles. The number of nitrogens with one attached hydrogen (secondary N) is 3. The van der Waals surface area contributed by atoms with Crippen LogP contribution < -0.4 is 10.6 Å². The minimum Gasteiger partial charge on any atom is -0.444 e. The maximum atomic E-state index is 13.2. The third-order valence-corrected chi connectivity index (χ3v) is 4.86. The van der Waals surface area contributed by atoms with Crippen molar-refractivity contribution in [3.05, 3.63) is 65.9 Å². The van der Waals surface area contributed by atoms with E-state index in [2.05, 4.69) is 15.6 Å². The molecule has 0 aliphatic heterocycles. The lowest BCUT2D eigenvalue weighted by Crippen LogP contribution is -2.47. The molecule has 1 heterocycles. The molecule has 36 heavy (non-hydrogen) atoms. The number of hydrogen-bond donors (Lipinski definition) is 3. The normalized spacial score (nSPS) is 12.6. The lowest BCUT2D eigenvalue weighted by Gasteiger charge is -2.23. The van der Waals surface area contributed by atoms with E-state index in [4.69, 9.17) is 14.5 Å². The number of rotatable bonds is 7. The average molecular weight is 496 g/mol. The molecule has 9 nitrogen and oxygen atoms in total. The number of benzene rings is 2. The Balaban J connectivity index is 1.73. The highest BCUT2D eigenvalue weighted by Gasteiger charge is 2.26. The third-order valence-electron chi connectivity index (χ3n) is 4.86. The molecule has 0 radical (unpaired) electrons. The third kappa shape index (κ3) is 7.84. The summed E-state index contributed by atoms with van der Waals surface area (Å²) in [5, 5.41) is 6.43. The molecular formula is C27H33N3O6. The van der Waals surface area contributed by atoms with Gasteiger partial charge in [0.05, 0.1) is 5.56 Å². The van der Waals surface area contributed by atoms with Gasteiger partial charge in [0.2, 0.25) is 5.91 Å². The molecule has 0 saturated carbocycles. The summed E-state index contributed by atoms with van der Waals surface area (Å²) in [5.74, 6) is -1.08. The molecule has 1 aromatic heterocycles. The lowest BCUT2D eigenvalue weighted by molar-refractivity contribution is -0.301. The molecule has 2 amide bonds. The smallest absolute Gasteiger partial charge is 0.408 e. The van der Waals surface area contributed by atoms with E-state index in [1.807, 2.05) is 30.5 Å². The first-order valence-electron chi connectivity index (χ1n) is 11.7. The Labute approximate surface area is 210 Å². The van der Waals surface area contributed by atoms with Crippen LogP contribution in [0.1, 0.15) is 57.5 Å². The summed E-state index contributed by atoms with van der Waals surface area (Å²) in [5.41, 5.74) is 1.17. The van der Waals surface area contributed by atoms with Crippen molar-refractivity contribution in [3.8, 4) is 0 Å². The molecule has 3 rings (SSSR count). The second-order valence-electron chi connectivity index (χ2n) is 10.4. The predicted molar refractivity (Wildman–Crippen MR) is 136 cm³/mol. The van der Waals surface area contributed by atoms with Crippen molar-refractivity contribution in [1.82, 2.24) is 10.3 Å². The summed E-state index contributed by atoms with van der Waals surface area (Å²) in [4.78, 5) is 50.9. The molecule has 1 atom stereocenters. The van der Waals surface area contributed by atoms with E-state index in [-0.39, 0.29) is 12.0 Å². The van der Waals surface area contributed by atoms with Crippen molar-refractivity contribution in [3.63, 3.8) is 0 Å². The zero-order chi connectivity index (χ0) is 26.5. The molecule has 0 spiro atoms. The predicted octanol–water partition coefficient (Wildman–Crippen LogP) is 5.13. The van der Waals surface area contributed by atoms with Gasteiger partial charge in [-0.25, -0.2) is 9.59 Å². The minimum absolute atomic E-state index is 0.240. The van der Waals surface area contributed by atoms with E-state index in [1.54, 1.807) is 53.7 Å². The Morgan fingerprint density at radius 2 is 1.58 bits per heavy atom. The summed E-state index contributed by atoms with van der Waals surface area (Å²) in [6.45, 7) is 10.5. The number of hydrogen-bond acceptors (Lipinski definition) is 6. The van der Waals surface area contributed by atoms with Crippen LogP contribution in [0.2, 0.25) is 0 Å². The summed E-state index contributed by atoms with van der Waals surface area (Å²) < 4.78 is 5.36. The number of carbonyl (C=O) groups is 3. The van der Waals surface area contributed by atoms with E-state index in [0.29, 0.717) is 5.69 Å². The monoisotopic (exact) mass is 495 g/mol. The van der Waals surface area contributed by atoms with Crippen molar-refractivity contribution < 1.29 is 28.9 Å². The maximum Gasteiger partial charge on any atom is 0.408 e. The van der Waals surface area contributed by atoms with Gasteiger partial charge in [-0.3, -0.25) is 9.68 Å². The summed E-state index contributed by atoms with van der Waals surface area (Å²) in [6.07, 6.45) is 1.37. The highest BCUT2D eigenvalue weighted by molar-refractivity contribution is 5.98. The van der Waals surface area contributed by atoms with E-state index < -0.39 is 35.2 Å². The average Bonchev–Trinajstić information content (AvgIpc) is 3.18. The van der Waals surface area contributed by atoms with Gasteiger partial charge >= 0.3 is 12.1 Å². The molecule has 0 aliphatic rings. The van der Waals surface area contributed by atoms with Gasteiger partial charge in [-0.1, -0.05) is 18.2 Å². The number of amides is 2. The van der Waals surface area contributed by atoms with Gasteiger partial charge in [0, 0.05) is 29.2 Å². The number of para-hydroxylation sites is 1. The molecule has 0 fully saturated rings. The molecule has 3 N–H and O–H groups in total. The highest BCUT2D eigenvalue weighted by atomic mass is 17.2. The van der Waals surface area contributed by atoms with E-state index >= 15 is 0 Å². The van der Waals surface area contributed by atoms with Crippen LogP contribution in [-0.2, 0) is 25.7 Å². The van der Waals surface area contributed by atoms with Crippen LogP contribution >= 0.6 is 0 Å². The first-order valence-corrected chi connectivity index (χ1v) is 11.7. The molecule has 3 aromatic rings. The fraction of sp³-hybridized carbons (Fsp3) is 0.370. The van der Waals surface area contributed by atoms with Crippen LogP contribution in [0.25, 0.3) is 10.9 Å². The molecule has 2 aromatic carbocycles. The lowest BCUT2D eigenvalue weighted by atomic mass is 10.0. The number of carbonyl (C=O) groups excluding carboxylic acids is 3. The number of alkyl carbamates (subject to hydrolysis) is 1. The molecule has 0 saturated heterocycles. The van der Waals surface area contributed by atoms with Crippen molar-refractivity contribution in [1.29, 1.82) is 0 Å². The molecule has 0 bridgehead atoms. The maximum absolute atomic E-state index is 13.2. The number of aromatic amines is 1. The summed E-state index contributed by atoms with van der Waals surface area (Å²) in [7, 11) is 0. The number of H-pyrrole nitrogens is 1. The van der Waals surface area contributed by atoms with Crippen LogP contribution in [-0.4, -0.2) is 40.2 Å². The van der Waals surface area contributed by atoms with Crippen molar-refractivity contribution >= 4 is 34.6 Å². The highest BCUT2D eigenvalue weighted by Crippen LogP contribution is 2.20. The molecule has 9 heteroatoms. The van der Waals surface area contributed by atoms with Crippen LogP contribution in [0.3, 0.4) is 0 Å². The van der Waals surface area contributed by atoms with Gasteiger partial charge in [-0.15, -0.1) is 0 Å². The zero-order valence-electron chi connectivity index (χ0n) is 21.4. The quantitative estimate of drug-likeness (QED) is 0.309. The van der Waals surface area contributed by atoms with E-state index in [1.165, 1.54) is 12.1 Å². The van der Waals surface area contributed by atoms with Crippen LogP contribution in [0.15, 0.2) is 54.7 Å². The molecule has 0 unspecified atom stereocenters. The van der Waals surface area contributed by atoms with Crippen molar-refractivity contribution in [2.24, 2.45) is 0 Å². The SMILES string of the molecule is CC(C)(C)OOC(=O)c1ccc(NC(=O)[C@H](Cc2c[nH]c3ccccc23)NC(=O)OC(C)(C)C)cc1. The van der Waals surface area contributed by atoms with E-state index in [9.17, 15) is 14.4 Å². The van der Waals surface area contributed by atoms with Crippen LogP contribution in [0, 0.1) is 0 Å². The van der Waals surface area contributed by atoms with E-state index in [0.717, 1.165) is 16.5 Å². The zero-order valence-corrected chi connectivity index (χ0v) is 21.4. The molecular weight excluding hydrogens is 462 g/mol. The number of anilines is 1. The summed E-state index contributed by atoms with van der Waals surface area (Å²) in [6, 6.07) is 13.0. The number of aromatic nitrogens is 1. The van der Waals surface area contributed by atoms with Gasteiger partial charge < -0.3 is 20.4 Å². The van der Waals surface area contributed by atoms with Gasteiger partial charge in [-0.2, -0.15) is 4.89 Å². The standard InChI is InChI=1S/C27H33N3O6/c1-26(2,3)34-25(33)30-22(15-18-16-28-21-10-8-7-9-20(18)21)23(31)29-19-13-11-17(12-14-19)24(32)35-36-27(4,5)6/h7-14,16,22,28H,15H2,1-6H3,(H,29,31)(H,30,33)/t22-/m0/s1. The largest absolute Gasteiger partial charge is 0.444 e. The van der Waals surface area contributed by atoms with Gasteiger partial charge in [0.15, 0.2) is 0 Å². The number of ether oxygens (including phenoxy) is 1. The Hall–Kier alpha value is -3.85. The summed E-state index contributed by atoms with van der Waals surface area (Å²) >= 11 is 0. The van der Waals surface area contributed by atoms with Gasteiger partial charge in [-0.05, 0) is 77.4 Å². The topological polar surface area (TPSA) is 119 Å². The van der Waals surface area contributed by atoms with Crippen LogP contribution in [0.5, 0.6) is 0 Å². The fourth-order valence-corrected chi connectivity index (χ4v) is 3.31. The Kier molecular flexibility index (Phi) is 8.04. The minimum atomic E-state index is -0.913. The number of fused-ring (bicyclic) bond motifs is 1. The molecule has 192 valence electrons. The Morgan fingerprint density at radius 3 is 2.22 bits per heavy atom. The fourth-order valence-electron chi connectivity index (χ4n) is 3.31.